The predicted molar refractivity (Wildman–Crippen MR) is 76.9 cm³/mol. The molecule has 0 saturated carbocycles. The molecule has 0 aromatic heterocycles. The highest BCUT2D eigenvalue weighted by atomic mass is 31.2. The maximum atomic E-state index is 12.9. The van der Waals surface area contributed by atoms with E-state index in [2.05, 4.69) is 18.2 Å². The molecule has 0 amide bonds. The van der Waals surface area contributed by atoms with Gasteiger partial charge in [-0.05, 0) is 11.4 Å². The third-order valence-electron chi connectivity index (χ3n) is 3.45. The van der Waals surface area contributed by atoms with Crippen LogP contribution in [0, 0.1) is 0 Å². The molecular formula is C16H15OP. The van der Waals surface area contributed by atoms with E-state index in [1.807, 2.05) is 54.3 Å². The van der Waals surface area contributed by atoms with Crippen LogP contribution >= 0.6 is 7.14 Å². The Hall–Kier alpha value is -1.59. The first-order chi connectivity index (χ1) is 8.78. The van der Waals surface area contributed by atoms with Crippen molar-refractivity contribution < 1.29 is 4.57 Å². The van der Waals surface area contributed by atoms with E-state index in [1.54, 1.807) is 0 Å². The Kier molecular flexibility index (Phi) is 2.93. The fourth-order valence-corrected chi connectivity index (χ4v) is 5.03. The Balaban J connectivity index is 1.89. The van der Waals surface area contributed by atoms with Crippen molar-refractivity contribution in [1.82, 2.24) is 0 Å². The highest BCUT2D eigenvalue weighted by molar-refractivity contribution is 7.74. The Labute approximate surface area is 108 Å². The maximum Gasteiger partial charge on any atom is 0.137 e. The SMILES string of the molecule is O=[P@@]1(c2ccccc2)C=C[C@@H](c2ccccc2)C1. The highest BCUT2D eigenvalue weighted by Gasteiger charge is 2.30. The first-order valence-electron chi connectivity index (χ1n) is 6.17. The van der Waals surface area contributed by atoms with Crippen molar-refractivity contribution in [3.8, 4) is 0 Å². The topological polar surface area (TPSA) is 17.1 Å². The van der Waals surface area contributed by atoms with Crippen molar-refractivity contribution >= 4 is 12.4 Å². The Morgan fingerprint density at radius 2 is 1.50 bits per heavy atom. The molecular weight excluding hydrogens is 239 g/mol. The maximum absolute atomic E-state index is 12.9. The normalized spacial score (nSPS) is 26.3. The van der Waals surface area contributed by atoms with Crippen molar-refractivity contribution in [3.63, 3.8) is 0 Å². The highest BCUT2D eigenvalue weighted by Crippen LogP contribution is 2.54. The summed E-state index contributed by atoms with van der Waals surface area (Å²) in [5, 5.41) is 0.972. The summed E-state index contributed by atoms with van der Waals surface area (Å²) in [6.45, 7) is 0. The molecule has 0 fully saturated rings. The van der Waals surface area contributed by atoms with Gasteiger partial charge in [0.25, 0.3) is 0 Å². The number of hydrogen-bond acceptors (Lipinski definition) is 1. The molecule has 18 heavy (non-hydrogen) atoms. The summed E-state index contributed by atoms with van der Waals surface area (Å²) < 4.78 is 12.9. The number of allylic oxidation sites excluding steroid dienone is 1. The van der Waals surface area contributed by atoms with E-state index in [1.165, 1.54) is 5.56 Å². The standard InChI is InChI=1S/C16H15OP/c17-18(16-9-5-2-6-10-16)12-11-15(13-18)14-7-3-1-4-8-14/h1-12,15H,13H2/t15-,18+/m1/s1. The van der Waals surface area contributed by atoms with Crippen LogP contribution in [0.3, 0.4) is 0 Å². The van der Waals surface area contributed by atoms with Gasteiger partial charge >= 0.3 is 0 Å². The van der Waals surface area contributed by atoms with Gasteiger partial charge in [0.05, 0.1) is 0 Å². The van der Waals surface area contributed by atoms with Crippen molar-refractivity contribution in [3.05, 3.63) is 78.1 Å². The van der Waals surface area contributed by atoms with Gasteiger partial charge in [0, 0.05) is 17.4 Å². The average molecular weight is 254 g/mol. The molecule has 0 saturated heterocycles. The van der Waals surface area contributed by atoms with Crippen LogP contribution in [0.2, 0.25) is 0 Å². The van der Waals surface area contributed by atoms with Crippen LogP contribution in [-0.4, -0.2) is 6.16 Å². The van der Waals surface area contributed by atoms with Gasteiger partial charge in [-0.25, -0.2) is 0 Å². The lowest BCUT2D eigenvalue weighted by atomic mass is 10.0. The molecule has 0 aliphatic carbocycles. The molecule has 0 bridgehead atoms. The zero-order chi connectivity index (χ0) is 12.4. The third kappa shape index (κ3) is 2.07. The fraction of sp³-hybridized carbons (Fsp3) is 0.125. The summed E-state index contributed by atoms with van der Waals surface area (Å²) in [6.07, 6.45) is 2.82. The first kappa shape index (κ1) is 11.5. The lowest BCUT2D eigenvalue weighted by Gasteiger charge is -2.13. The summed E-state index contributed by atoms with van der Waals surface area (Å²) in [7, 11) is -2.32. The van der Waals surface area contributed by atoms with Crippen LogP contribution in [0.4, 0.5) is 0 Å². The molecule has 0 spiro atoms. The monoisotopic (exact) mass is 254 g/mol. The molecule has 90 valence electrons. The molecule has 2 aromatic carbocycles. The molecule has 0 radical (unpaired) electrons. The summed E-state index contributed by atoms with van der Waals surface area (Å²) in [5.74, 6) is 2.22. The number of benzene rings is 2. The van der Waals surface area contributed by atoms with E-state index in [9.17, 15) is 4.57 Å². The van der Waals surface area contributed by atoms with Crippen LogP contribution in [0.1, 0.15) is 11.5 Å². The molecule has 1 nitrogen and oxygen atoms in total. The van der Waals surface area contributed by atoms with Crippen molar-refractivity contribution in [2.45, 2.75) is 5.92 Å². The lowest BCUT2D eigenvalue weighted by molar-refractivity contribution is 0.586. The molecule has 3 rings (SSSR count). The molecule has 2 aromatic rings. The molecule has 2 atom stereocenters. The largest absolute Gasteiger partial charge is 0.314 e. The summed E-state index contributed by atoms with van der Waals surface area (Å²) in [4.78, 5) is 0. The fourth-order valence-electron chi connectivity index (χ4n) is 2.45. The molecule has 1 aliphatic heterocycles. The molecule has 2 heteroatoms. The second-order valence-corrected chi connectivity index (χ2v) is 7.44. The number of hydrogen-bond donors (Lipinski definition) is 0. The Morgan fingerprint density at radius 3 is 2.17 bits per heavy atom. The quantitative estimate of drug-likeness (QED) is 0.741. The van der Waals surface area contributed by atoms with Crippen LogP contribution in [0.25, 0.3) is 0 Å². The Bertz CT molecular complexity index is 602. The van der Waals surface area contributed by atoms with Crippen LogP contribution in [0.15, 0.2) is 72.6 Å². The summed E-state index contributed by atoms with van der Waals surface area (Å²) in [6, 6.07) is 20.1. The van der Waals surface area contributed by atoms with Crippen molar-refractivity contribution in [2.24, 2.45) is 0 Å². The zero-order valence-electron chi connectivity index (χ0n) is 10.1. The summed E-state index contributed by atoms with van der Waals surface area (Å²) in [5.41, 5.74) is 1.25. The molecule has 1 aliphatic rings. The van der Waals surface area contributed by atoms with Gasteiger partial charge in [-0.15, -0.1) is 0 Å². The van der Waals surface area contributed by atoms with Crippen LogP contribution in [-0.2, 0) is 4.57 Å². The average Bonchev–Trinajstić information content (AvgIpc) is 2.85. The van der Waals surface area contributed by atoms with Gasteiger partial charge < -0.3 is 4.57 Å². The minimum atomic E-state index is -2.32. The first-order valence-corrected chi connectivity index (χ1v) is 8.13. The van der Waals surface area contributed by atoms with E-state index in [0.717, 1.165) is 11.5 Å². The summed E-state index contributed by atoms with van der Waals surface area (Å²) >= 11 is 0. The van der Waals surface area contributed by atoms with Gasteiger partial charge in [-0.3, -0.25) is 0 Å². The minimum Gasteiger partial charge on any atom is -0.314 e. The second kappa shape index (κ2) is 4.59. The predicted octanol–water partition coefficient (Wildman–Crippen LogP) is 3.99. The van der Waals surface area contributed by atoms with Gasteiger partial charge in [-0.1, -0.05) is 66.7 Å². The Morgan fingerprint density at radius 1 is 0.889 bits per heavy atom. The molecule has 0 N–H and O–H groups in total. The van der Waals surface area contributed by atoms with Gasteiger partial charge in [0.1, 0.15) is 7.14 Å². The molecule has 1 heterocycles. The van der Waals surface area contributed by atoms with E-state index < -0.39 is 7.14 Å². The van der Waals surface area contributed by atoms with Crippen molar-refractivity contribution in [2.75, 3.05) is 6.16 Å². The van der Waals surface area contributed by atoms with Crippen LogP contribution in [0.5, 0.6) is 0 Å². The van der Waals surface area contributed by atoms with Crippen molar-refractivity contribution in [1.29, 1.82) is 0 Å². The zero-order valence-corrected chi connectivity index (χ0v) is 11.0. The van der Waals surface area contributed by atoms with Gasteiger partial charge in [-0.2, -0.15) is 0 Å². The smallest absolute Gasteiger partial charge is 0.137 e. The van der Waals surface area contributed by atoms with E-state index in [-0.39, 0.29) is 5.92 Å². The van der Waals surface area contributed by atoms with Crippen LogP contribution < -0.4 is 5.30 Å². The van der Waals surface area contributed by atoms with E-state index in [0.29, 0.717) is 0 Å². The van der Waals surface area contributed by atoms with E-state index >= 15 is 0 Å². The second-order valence-electron chi connectivity index (χ2n) is 4.67. The lowest BCUT2D eigenvalue weighted by Crippen LogP contribution is -2.06. The molecule has 0 unspecified atom stereocenters. The van der Waals surface area contributed by atoms with Gasteiger partial charge in [0.2, 0.25) is 0 Å². The minimum absolute atomic E-state index is 0.289. The number of rotatable bonds is 2. The van der Waals surface area contributed by atoms with Gasteiger partial charge in [0.15, 0.2) is 0 Å². The third-order valence-corrected chi connectivity index (χ3v) is 6.21. The van der Waals surface area contributed by atoms with E-state index in [4.69, 9.17) is 0 Å².